The van der Waals surface area contributed by atoms with E-state index in [-0.39, 0.29) is 29.6 Å². The zero-order valence-electron chi connectivity index (χ0n) is 15.0. The average Bonchev–Trinajstić information content (AvgIpc) is 2.91. The van der Waals surface area contributed by atoms with Gasteiger partial charge in [0, 0.05) is 23.9 Å². The van der Waals surface area contributed by atoms with Crippen molar-refractivity contribution < 1.29 is 4.79 Å². The SMILES string of the molecule is Cc1ccc(-n2nc(C(C)(C)C)cc2NC(=O)C(C)CN)cc1.Cl. The lowest BCUT2D eigenvalue weighted by atomic mass is 9.92. The molecule has 2 aromatic rings. The molecule has 5 nitrogen and oxygen atoms in total. The summed E-state index contributed by atoms with van der Waals surface area (Å²) < 4.78 is 1.78. The van der Waals surface area contributed by atoms with Gasteiger partial charge in [0.15, 0.2) is 0 Å². The number of halogens is 1. The second-order valence-corrected chi connectivity index (χ2v) is 7.04. The molecule has 0 aliphatic heterocycles. The molecule has 0 spiro atoms. The Morgan fingerprint density at radius 2 is 1.88 bits per heavy atom. The lowest BCUT2D eigenvalue weighted by molar-refractivity contribution is -0.119. The van der Waals surface area contributed by atoms with E-state index in [1.54, 1.807) is 4.68 Å². The number of carbonyl (C=O) groups is 1. The number of hydrogen-bond acceptors (Lipinski definition) is 3. The van der Waals surface area contributed by atoms with Crippen LogP contribution >= 0.6 is 12.4 Å². The zero-order valence-corrected chi connectivity index (χ0v) is 15.8. The van der Waals surface area contributed by atoms with Crippen LogP contribution in [0.25, 0.3) is 5.69 Å². The molecule has 0 bridgehead atoms. The Morgan fingerprint density at radius 1 is 1.29 bits per heavy atom. The van der Waals surface area contributed by atoms with Crippen LogP contribution in [0.1, 0.15) is 39.0 Å². The van der Waals surface area contributed by atoms with Gasteiger partial charge >= 0.3 is 0 Å². The fourth-order valence-electron chi connectivity index (χ4n) is 2.08. The van der Waals surface area contributed by atoms with Crippen LogP contribution in [0.3, 0.4) is 0 Å². The molecule has 0 aliphatic rings. The molecule has 1 atom stereocenters. The maximum Gasteiger partial charge on any atom is 0.229 e. The summed E-state index contributed by atoms with van der Waals surface area (Å²) in [5.74, 6) is 0.333. The number of hydrogen-bond donors (Lipinski definition) is 2. The number of benzene rings is 1. The van der Waals surface area contributed by atoms with E-state index in [0.29, 0.717) is 12.4 Å². The van der Waals surface area contributed by atoms with Gasteiger partial charge in [-0.2, -0.15) is 5.10 Å². The first-order valence-corrected chi connectivity index (χ1v) is 7.91. The predicted molar refractivity (Wildman–Crippen MR) is 101 cm³/mol. The standard InChI is InChI=1S/C18H26N4O.ClH/c1-12-6-8-14(9-7-12)22-16(20-17(23)13(2)11-19)10-15(21-22)18(3,4)5;/h6-10,13H,11,19H2,1-5H3,(H,20,23);1H. The topological polar surface area (TPSA) is 72.9 Å². The Balaban J connectivity index is 0.00000288. The highest BCUT2D eigenvalue weighted by atomic mass is 35.5. The van der Waals surface area contributed by atoms with E-state index in [4.69, 9.17) is 10.8 Å². The minimum atomic E-state index is -0.241. The first-order valence-electron chi connectivity index (χ1n) is 7.91. The number of carbonyl (C=O) groups excluding carboxylic acids is 1. The van der Waals surface area contributed by atoms with Crippen LogP contribution < -0.4 is 11.1 Å². The molecule has 6 heteroatoms. The van der Waals surface area contributed by atoms with Crippen LogP contribution in [0.5, 0.6) is 0 Å². The number of nitrogens with two attached hydrogens (primary N) is 1. The first-order chi connectivity index (χ1) is 10.7. The lowest BCUT2D eigenvalue weighted by Gasteiger charge is -2.14. The molecule has 0 saturated heterocycles. The van der Waals surface area contributed by atoms with E-state index < -0.39 is 0 Å². The molecule has 1 heterocycles. The molecule has 1 aromatic carbocycles. The van der Waals surface area contributed by atoms with Gasteiger partial charge in [-0.3, -0.25) is 4.79 Å². The van der Waals surface area contributed by atoms with Crippen molar-refractivity contribution in [3.05, 3.63) is 41.6 Å². The number of amides is 1. The quantitative estimate of drug-likeness (QED) is 0.887. The van der Waals surface area contributed by atoms with Crippen molar-refractivity contribution in [2.45, 2.75) is 40.0 Å². The number of rotatable bonds is 4. The third kappa shape index (κ3) is 4.58. The van der Waals surface area contributed by atoms with Crippen LogP contribution in [0.4, 0.5) is 5.82 Å². The van der Waals surface area contributed by atoms with Crippen LogP contribution in [0, 0.1) is 12.8 Å². The fourth-order valence-corrected chi connectivity index (χ4v) is 2.08. The Hall–Kier alpha value is -1.85. The largest absolute Gasteiger partial charge is 0.330 e. The zero-order chi connectivity index (χ0) is 17.2. The molecule has 0 saturated carbocycles. The predicted octanol–water partition coefficient (Wildman–Crippen LogP) is 3.43. The number of anilines is 1. The van der Waals surface area contributed by atoms with Crippen LogP contribution in [-0.2, 0) is 10.2 Å². The van der Waals surface area contributed by atoms with Crippen molar-refractivity contribution in [1.82, 2.24) is 9.78 Å². The van der Waals surface area contributed by atoms with Gasteiger partial charge in [0.25, 0.3) is 0 Å². The van der Waals surface area contributed by atoms with Gasteiger partial charge in [0.1, 0.15) is 5.82 Å². The molecule has 1 aromatic heterocycles. The van der Waals surface area contributed by atoms with Gasteiger partial charge in [-0.1, -0.05) is 45.4 Å². The number of nitrogens with one attached hydrogen (secondary N) is 1. The fraction of sp³-hybridized carbons (Fsp3) is 0.444. The second-order valence-electron chi connectivity index (χ2n) is 7.04. The van der Waals surface area contributed by atoms with Gasteiger partial charge in [0.05, 0.1) is 11.4 Å². The maximum absolute atomic E-state index is 12.2. The molecular weight excluding hydrogens is 324 g/mol. The Kier molecular flexibility index (Phi) is 6.58. The van der Waals surface area contributed by atoms with Crippen molar-refractivity contribution in [3.63, 3.8) is 0 Å². The van der Waals surface area contributed by atoms with E-state index in [2.05, 4.69) is 26.1 Å². The molecule has 24 heavy (non-hydrogen) atoms. The summed E-state index contributed by atoms with van der Waals surface area (Å²) in [6.07, 6.45) is 0. The van der Waals surface area contributed by atoms with Gasteiger partial charge in [-0.25, -0.2) is 4.68 Å². The Morgan fingerprint density at radius 3 is 2.38 bits per heavy atom. The summed E-state index contributed by atoms with van der Waals surface area (Å²) in [4.78, 5) is 12.2. The molecular formula is C18H27ClN4O. The summed E-state index contributed by atoms with van der Waals surface area (Å²) >= 11 is 0. The summed E-state index contributed by atoms with van der Waals surface area (Å²) in [6, 6.07) is 9.98. The summed E-state index contributed by atoms with van der Waals surface area (Å²) in [5.41, 5.74) is 8.50. The van der Waals surface area contributed by atoms with Crippen molar-refractivity contribution in [3.8, 4) is 5.69 Å². The van der Waals surface area contributed by atoms with Crippen molar-refractivity contribution in [2.75, 3.05) is 11.9 Å². The Bertz CT molecular complexity index is 686. The number of nitrogens with zero attached hydrogens (tertiary/aromatic N) is 2. The average molecular weight is 351 g/mol. The van der Waals surface area contributed by atoms with Crippen molar-refractivity contribution in [1.29, 1.82) is 0 Å². The number of aryl methyl sites for hydroxylation is 1. The summed E-state index contributed by atoms with van der Waals surface area (Å²) in [6.45, 7) is 10.5. The third-order valence-electron chi connectivity index (χ3n) is 3.81. The van der Waals surface area contributed by atoms with E-state index >= 15 is 0 Å². The molecule has 0 radical (unpaired) electrons. The molecule has 132 valence electrons. The highest BCUT2D eigenvalue weighted by Crippen LogP contribution is 2.26. The summed E-state index contributed by atoms with van der Waals surface area (Å²) in [5, 5.41) is 7.64. The molecule has 0 aliphatic carbocycles. The third-order valence-corrected chi connectivity index (χ3v) is 3.81. The normalized spacial score (nSPS) is 12.4. The molecule has 1 unspecified atom stereocenters. The van der Waals surface area contributed by atoms with Crippen LogP contribution in [0.2, 0.25) is 0 Å². The molecule has 1 amide bonds. The van der Waals surface area contributed by atoms with Crippen LogP contribution in [0.15, 0.2) is 30.3 Å². The van der Waals surface area contributed by atoms with Gasteiger partial charge in [0.2, 0.25) is 5.91 Å². The first kappa shape index (κ1) is 20.2. The van der Waals surface area contributed by atoms with E-state index in [1.165, 1.54) is 5.56 Å². The highest BCUT2D eigenvalue weighted by Gasteiger charge is 2.22. The Labute approximate surface area is 150 Å². The highest BCUT2D eigenvalue weighted by molar-refractivity contribution is 5.92. The van der Waals surface area contributed by atoms with Gasteiger partial charge < -0.3 is 11.1 Å². The molecule has 3 N–H and O–H groups in total. The number of aromatic nitrogens is 2. The van der Waals surface area contributed by atoms with E-state index in [9.17, 15) is 4.79 Å². The lowest BCUT2D eigenvalue weighted by Crippen LogP contribution is -2.27. The van der Waals surface area contributed by atoms with E-state index in [0.717, 1.165) is 11.4 Å². The smallest absolute Gasteiger partial charge is 0.229 e. The maximum atomic E-state index is 12.2. The molecule has 0 fully saturated rings. The van der Waals surface area contributed by atoms with Crippen molar-refractivity contribution >= 4 is 24.1 Å². The van der Waals surface area contributed by atoms with Crippen LogP contribution in [-0.4, -0.2) is 22.2 Å². The van der Waals surface area contributed by atoms with Crippen molar-refractivity contribution in [2.24, 2.45) is 11.7 Å². The molecule has 2 rings (SSSR count). The van der Waals surface area contributed by atoms with Gasteiger partial charge in [-0.15, -0.1) is 12.4 Å². The second kappa shape index (κ2) is 7.81. The van der Waals surface area contributed by atoms with E-state index in [1.807, 2.05) is 44.2 Å². The summed E-state index contributed by atoms with van der Waals surface area (Å²) in [7, 11) is 0. The minimum absolute atomic E-state index is 0. The monoisotopic (exact) mass is 350 g/mol. The minimum Gasteiger partial charge on any atom is -0.330 e. The van der Waals surface area contributed by atoms with Gasteiger partial charge in [-0.05, 0) is 19.1 Å².